The fraction of sp³-hybridized carbons (Fsp3) is 0.333. The third-order valence-corrected chi connectivity index (χ3v) is 6.77. The van der Waals surface area contributed by atoms with Gasteiger partial charge in [-0.1, -0.05) is 23.7 Å². The fourth-order valence-corrected chi connectivity index (χ4v) is 5.18. The molecule has 0 aliphatic carbocycles. The maximum absolute atomic E-state index is 13.4. The number of hydrogen-bond acceptors (Lipinski definition) is 5. The summed E-state index contributed by atoms with van der Waals surface area (Å²) in [4.78, 5) is 18.2. The van der Waals surface area contributed by atoms with Crippen molar-refractivity contribution in [3.05, 3.63) is 69.0 Å². The maximum atomic E-state index is 13.4. The monoisotopic (exact) mass is 494 g/mol. The molecule has 0 aliphatic heterocycles. The van der Waals surface area contributed by atoms with Crippen molar-refractivity contribution in [3.63, 3.8) is 0 Å². The lowest BCUT2D eigenvalue weighted by Crippen LogP contribution is -2.28. The highest BCUT2D eigenvalue weighted by molar-refractivity contribution is 6.69. The van der Waals surface area contributed by atoms with Gasteiger partial charge in [0.05, 0.1) is 24.3 Å². The zero-order valence-electron chi connectivity index (χ0n) is 20.1. The predicted molar refractivity (Wildman–Crippen MR) is 135 cm³/mol. The topological polar surface area (TPSA) is 90.7 Å². The van der Waals surface area contributed by atoms with Crippen LogP contribution in [0.5, 0.6) is 0 Å². The molecule has 8 nitrogen and oxygen atoms in total. The molecule has 3 heterocycles. The van der Waals surface area contributed by atoms with Gasteiger partial charge in [0, 0.05) is 47.7 Å². The van der Waals surface area contributed by atoms with E-state index >= 15 is 0 Å². The normalized spacial score (nSPS) is 12.8. The number of fused-ring (bicyclic) bond motifs is 1. The van der Waals surface area contributed by atoms with Crippen molar-refractivity contribution in [2.75, 3.05) is 0 Å². The second-order valence-electron chi connectivity index (χ2n) is 9.35. The molecule has 1 aromatic carbocycles. The molecule has 176 valence electrons. The summed E-state index contributed by atoms with van der Waals surface area (Å²) in [6.45, 7) is 8.32. The number of hydrogen-bond donors (Lipinski definition) is 0. The van der Waals surface area contributed by atoms with E-state index < -0.39 is 14.4 Å². The molecule has 0 spiro atoms. The smallest absolute Gasteiger partial charge is 0.330 e. The molecule has 0 saturated heterocycles. The van der Waals surface area contributed by atoms with E-state index in [2.05, 4.69) is 11.2 Å². The minimum Gasteiger partial charge on any atom is -0.399 e. The number of nitrogens with zero attached hydrogens (tertiary/aromatic N) is 6. The van der Waals surface area contributed by atoms with E-state index in [9.17, 15) is 10.1 Å². The van der Waals surface area contributed by atoms with E-state index in [-0.39, 0.29) is 5.69 Å². The number of imidazole rings is 1. The Labute approximate surface area is 204 Å². The van der Waals surface area contributed by atoms with Gasteiger partial charge in [-0.25, -0.2) is 9.78 Å². The first-order valence-corrected chi connectivity index (χ1v) is 14.7. The van der Waals surface area contributed by atoms with Gasteiger partial charge < -0.3 is 4.43 Å². The lowest BCUT2D eigenvalue weighted by Gasteiger charge is -2.25. The summed E-state index contributed by atoms with van der Waals surface area (Å²) in [6.07, 6.45) is 2.80. The van der Waals surface area contributed by atoms with Crippen LogP contribution in [0.15, 0.2) is 41.5 Å². The Hall–Kier alpha value is -3.19. The van der Waals surface area contributed by atoms with Crippen LogP contribution in [0.25, 0.3) is 22.3 Å². The van der Waals surface area contributed by atoms with Crippen molar-refractivity contribution < 1.29 is 4.43 Å². The third-order valence-electron chi connectivity index (χ3n) is 5.57. The molecule has 3 aromatic heterocycles. The van der Waals surface area contributed by atoms with Gasteiger partial charge in [0.25, 0.3) is 0 Å². The third kappa shape index (κ3) is 4.44. The molecular formula is C24H27ClN6O2Si. The van der Waals surface area contributed by atoms with Crippen molar-refractivity contribution in [2.24, 2.45) is 14.1 Å². The largest absolute Gasteiger partial charge is 0.399 e. The highest BCUT2D eigenvalue weighted by Crippen LogP contribution is 2.38. The number of rotatable bonds is 6. The second-order valence-corrected chi connectivity index (χ2v) is 14.3. The van der Waals surface area contributed by atoms with E-state index in [1.54, 1.807) is 39.2 Å². The Balaban J connectivity index is 2.06. The average Bonchev–Trinajstić information content (AvgIpc) is 3.28. The minimum atomic E-state index is -2.07. The summed E-state index contributed by atoms with van der Waals surface area (Å²) >= 11 is 6.17. The van der Waals surface area contributed by atoms with E-state index in [1.807, 2.05) is 51.9 Å². The minimum absolute atomic E-state index is 0.197. The molecule has 0 amide bonds. The quantitative estimate of drug-likeness (QED) is 0.366. The molecule has 34 heavy (non-hydrogen) atoms. The van der Waals surface area contributed by atoms with E-state index in [1.165, 1.54) is 0 Å². The Morgan fingerprint density at radius 3 is 2.44 bits per heavy atom. The molecule has 0 aliphatic rings. The van der Waals surface area contributed by atoms with Gasteiger partial charge in [0.1, 0.15) is 0 Å². The molecule has 0 fully saturated rings. The fourth-order valence-electron chi connectivity index (χ4n) is 4.18. The standard InChI is InChI=1S/C24H27ClN6O2Si/c1-15-20(19(11-26)33-34(4,5)6)21(17-7-9-18(25)10-8-17)22-23(28-15)31(24(32)30(22)3)14-16-12-27-29(2)13-16/h7-10,12-13,19H,14H2,1-6H3. The van der Waals surface area contributed by atoms with Crippen LogP contribution in [0.4, 0.5) is 0 Å². The van der Waals surface area contributed by atoms with Crippen LogP contribution in [0.2, 0.25) is 24.7 Å². The van der Waals surface area contributed by atoms with Crippen LogP contribution in [0, 0.1) is 18.3 Å². The average molecular weight is 495 g/mol. The molecule has 4 rings (SSSR count). The van der Waals surface area contributed by atoms with Crippen molar-refractivity contribution in [1.82, 2.24) is 23.9 Å². The van der Waals surface area contributed by atoms with Gasteiger partial charge in [0.15, 0.2) is 20.1 Å². The summed E-state index contributed by atoms with van der Waals surface area (Å²) in [5.41, 5.74) is 4.81. The van der Waals surface area contributed by atoms with Gasteiger partial charge in [-0.15, -0.1) is 0 Å². The van der Waals surface area contributed by atoms with Crippen LogP contribution in [0.3, 0.4) is 0 Å². The van der Waals surface area contributed by atoms with Crippen LogP contribution >= 0.6 is 11.6 Å². The number of benzene rings is 1. The first-order valence-electron chi connectivity index (χ1n) is 10.9. The zero-order chi connectivity index (χ0) is 24.8. The molecule has 0 saturated carbocycles. The summed E-state index contributed by atoms with van der Waals surface area (Å²) < 4.78 is 11.2. The van der Waals surface area contributed by atoms with Crippen molar-refractivity contribution in [1.29, 1.82) is 5.26 Å². The van der Waals surface area contributed by atoms with Gasteiger partial charge in [-0.05, 0) is 44.3 Å². The van der Waals surface area contributed by atoms with E-state index in [4.69, 9.17) is 21.0 Å². The highest BCUT2D eigenvalue weighted by Gasteiger charge is 2.30. The lowest BCUT2D eigenvalue weighted by molar-refractivity contribution is 0.254. The molecular weight excluding hydrogens is 468 g/mol. The molecule has 4 aromatic rings. The molecule has 10 heteroatoms. The van der Waals surface area contributed by atoms with Gasteiger partial charge >= 0.3 is 5.69 Å². The summed E-state index contributed by atoms with van der Waals surface area (Å²) in [7, 11) is 1.49. The number of aryl methyl sites for hydroxylation is 3. The SMILES string of the molecule is Cc1nc2c(c(-c3ccc(Cl)cc3)c1C(C#N)O[Si](C)(C)C)n(C)c(=O)n2Cc1cnn(C)c1. The van der Waals surface area contributed by atoms with Crippen LogP contribution < -0.4 is 5.69 Å². The number of aromatic nitrogens is 5. The summed E-state index contributed by atoms with van der Waals surface area (Å²) in [5.74, 6) is 0. The van der Waals surface area contributed by atoms with Crippen LogP contribution in [0.1, 0.15) is 22.9 Å². The summed E-state index contributed by atoms with van der Waals surface area (Å²) in [5, 5.41) is 14.9. The number of halogens is 1. The highest BCUT2D eigenvalue weighted by atomic mass is 35.5. The maximum Gasteiger partial charge on any atom is 0.330 e. The van der Waals surface area contributed by atoms with Gasteiger partial charge in [0.2, 0.25) is 0 Å². The zero-order valence-corrected chi connectivity index (χ0v) is 21.9. The molecule has 0 radical (unpaired) electrons. The molecule has 1 atom stereocenters. The lowest BCUT2D eigenvalue weighted by atomic mass is 9.94. The van der Waals surface area contributed by atoms with E-state index in [0.717, 1.165) is 16.7 Å². The van der Waals surface area contributed by atoms with Crippen molar-refractivity contribution in [3.8, 4) is 17.2 Å². The van der Waals surface area contributed by atoms with Crippen LogP contribution in [-0.4, -0.2) is 32.2 Å². The van der Waals surface area contributed by atoms with E-state index in [0.29, 0.717) is 34.0 Å². The summed E-state index contributed by atoms with van der Waals surface area (Å²) in [6, 6.07) is 9.71. The Morgan fingerprint density at radius 2 is 1.88 bits per heavy atom. The van der Waals surface area contributed by atoms with Gasteiger partial charge in [-0.2, -0.15) is 10.4 Å². The Morgan fingerprint density at radius 1 is 1.21 bits per heavy atom. The molecule has 1 unspecified atom stereocenters. The molecule has 0 N–H and O–H groups in total. The first kappa shape index (κ1) is 23.9. The Kier molecular flexibility index (Phi) is 6.25. The first-order chi connectivity index (χ1) is 16.0. The van der Waals surface area contributed by atoms with Gasteiger partial charge in [-0.3, -0.25) is 13.8 Å². The van der Waals surface area contributed by atoms with Crippen LogP contribution in [-0.2, 0) is 25.1 Å². The number of nitriles is 1. The number of pyridine rings is 1. The predicted octanol–water partition coefficient (Wildman–Crippen LogP) is 4.56. The second kappa shape index (κ2) is 8.87. The van der Waals surface area contributed by atoms with Crippen molar-refractivity contribution >= 4 is 31.1 Å². The Bertz CT molecular complexity index is 1470. The van der Waals surface area contributed by atoms with Crippen molar-refractivity contribution in [2.45, 2.75) is 39.2 Å². The molecule has 0 bridgehead atoms.